The van der Waals surface area contributed by atoms with Crippen molar-refractivity contribution >= 4 is 17.6 Å². The Morgan fingerprint density at radius 3 is 3.06 bits per heavy atom. The third-order valence-electron chi connectivity index (χ3n) is 2.46. The molecule has 0 N–H and O–H groups in total. The average molecular weight is 246 g/mol. The molecule has 17 heavy (non-hydrogen) atoms. The Bertz CT molecular complexity index is 507. The molecule has 0 spiro atoms. The molecule has 2 rings (SSSR count). The lowest BCUT2D eigenvalue weighted by Crippen LogP contribution is -2.27. The topological polar surface area (TPSA) is 34.5 Å². The van der Waals surface area contributed by atoms with Crippen LogP contribution in [0, 0.1) is 24.2 Å². The molecule has 1 atom stereocenters. The van der Waals surface area contributed by atoms with Crippen LogP contribution in [0.4, 0.5) is 0 Å². The Labute approximate surface area is 105 Å². The summed E-state index contributed by atoms with van der Waals surface area (Å²) in [5.74, 6) is 6.34. The van der Waals surface area contributed by atoms with Gasteiger partial charge in [-0.15, -0.1) is 11.3 Å². The van der Waals surface area contributed by atoms with E-state index in [0.29, 0.717) is 6.61 Å². The highest BCUT2D eigenvalue weighted by Crippen LogP contribution is 2.23. The molecule has 88 valence electrons. The molecule has 0 amide bonds. The van der Waals surface area contributed by atoms with Gasteiger partial charge in [0.2, 0.25) is 0 Å². The molecule has 0 aliphatic carbocycles. The van der Waals surface area contributed by atoms with E-state index in [4.69, 9.17) is 4.74 Å². The highest BCUT2D eigenvalue weighted by Gasteiger charge is 2.26. The molecular formula is C13H14N2OS. The van der Waals surface area contributed by atoms with E-state index < -0.39 is 0 Å². The third-order valence-corrected chi connectivity index (χ3v) is 3.23. The smallest absolute Gasteiger partial charge is 0.124 e. The van der Waals surface area contributed by atoms with Gasteiger partial charge in [-0.25, -0.2) is 4.98 Å². The first-order valence-corrected chi connectivity index (χ1v) is 6.26. The summed E-state index contributed by atoms with van der Waals surface area (Å²) in [5, 5.41) is 3.01. The van der Waals surface area contributed by atoms with Gasteiger partial charge in [0.25, 0.3) is 0 Å². The lowest BCUT2D eigenvalue weighted by molar-refractivity contribution is 0.153. The first kappa shape index (κ1) is 12.0. The van der Waals surface area contributed by atoms with Crippen LogP contribution in [0.25, 0.3) is 0 Å². The maximum atomic E-state index is 5.23. The summed E-state index contributed by atoms with van der Waals surface area (Å²) in [6.45, 7) is 2.53. The third kappa shape index (κ3) is 3.02. The largest absolute Gasteiger partial charge is 0.383 e. The molecule has 1 aliphatic heterocycles. The van der Waals surface area contributed by atoms with Gasteiger partial charge < -0.3 is 4.74 Å². The highest BCUT2D eigenvalue weighted by molar-refractivity contribution is 7.09. The second-order valence-electron chi connectivity index (χ2n) is 3.96. The summed E-state index contributed by atoms with van der Waals surface area (Å²) in [6.07, 6.45) is 6.51. The van der Waals surface area contributed by atoms with Crippen molar-refractivity contribution in [2.75, 3.05) is 13.7 Å². The van der Waals surface area contributed by atoms with E-state index in [9.17, 15) is 0 Å². The second kappa shape index (κ2) is 5.26. The highest BCUT2D eigenvalue weighted by atomic mass is 32.1. The summed E-state index contributed by atoms with van der Waals surface area (Å²) in [7, 11) is 1.68. The lowest BCUT2D eigenvalue weighted by atomic mass is 9.86. The molecule has 0 aromatic carbocycles. The quantitative estimate of drug-likeness (QED) is 0.751. The average Bonchev–Trinajstić information content (AvgIpc) is 2.75. The maximum absolute atomic E-state index is 5.23. The van der Waals surface area contributed by atoms with Crippen molar-refractivity contribution in [3.8, 4) is 11.8 Å². The van der Waals surface area contributed by atoms with Crippen LogP contribution in [0.3, 0.4) is 0 Å². The number of rotatable bonds is 2. The zero-order valence-electron chi connectivity index (χ0n) is 9.93. The zero-order chi connectivity index (χ0) is 12.1. The van der Waals surface area contributed by atoms with E-state index in [0.717, 1.165) is 17.1 Å². The van der Waals surface area contributed by atoms with Crippen LogP contribution in [0.2, 0.25) is 0 Å². The minimum absolute atomic E-state index is 0.305. The number of thiazole rings is 1. The van der Waals surface area contributed by atoms with Crippen molar-refractivity contribution in [1.29, 1.82) is 0 Å². The predicted octanol–water partition coefficient (Wildman–Crippen LogP) is 2.42. The van der Waals surface area contributed by atoms with Crippen LogP contribution in [-0.4, -0.2) is 24.9 Å². The minimum Gasteiger partial charge on any atom is -0.383 e. The first-order valence-electron chi connectivity index (χ1n) is 5.38. The van der Waals surface area contributed by atoms with E-state index in [-0.39, 0.29) is 5.41 Å². The normalized spacial score (nSPS) is 22.2. The van der Waals surface area contributed by atoms with Crippen LogP contribution in [-0.2, 0) is 4.74 Å². The molecule has 0 radical (unpaired) electrons. The summed E-state index contributed by atoms with van der Waals surface area (Å²) >= 11 is 1.61. The van der Waals surface area contributed by atoms with Gasteiger partial charge in [-0.3, -0.25) is 4.99 Å². The molecule has 4 heteroatoms. The maximum Gasteiger partial charge on any atom is 0.124 e. The molecule has 1 unspecified atom stereocenters. The molecule has 0 saturated heterocycles. The number of nitrogens with zero attached hydrogens (tertiary/aromatic N) is 2. The zero-order valence-corrected chi connectivity index (χ0v) is 10.8. The Morgan fingerprint density at radius 2 is 2.47 bits per heavy atom. The van der Waals surface area contributed by atoms with Crippen molar-refractivity contribution < 1.29 is 4.74 Å². The van der Waals surface area contributed by atoms with Crippen LogP contribution < -0.4 is 0 Å². The summed E-state index contributed by atoms with van der Waals surface area (Å²) < 4.78 is 5.23. The molecule has 0 bridgehead atoms. The molecular weight excluding hydrogens is 232 g/mol. The molecule has 0 fully saturated rings. The van der Waals surface area contributed by atoms with Crippen LogP contribution in [0.15, 0.2) is 22.6 Å². The Morgan fingerprint density at radius 1 is 1.59 bits per heavy atom. The van der Waals surface area contributed by atoms with Gasteiger partial charge in [0, 0.05) is 24.9 Å². The van der Waals surface area contributed by atoms with Crippen LogP contribution >= 0.6 is 11.3 Å². The molecule has 1 aromatic heterocycles. The van der Waals surface area contributed by atoms with Crippen molar-refractivity contribution in [3.05, 3.63) is 28.4 Å². The number of hydrogen-bond donors (Lipinski definition) is 0. The standard InChI is InChI=1S/C13H14N2OS/c1-11-15-12(8-17-11)4-6-13(10-16-2)5-3-7-14-9-13/h3,7-9H,5,10H2,1-2H3. The SMILES string of the molecule is COCC1(C#Cc2csc(C)n2)C=NC=CC1. The fraction of sp³-hybridized carbons (Fsp3) is 0.385. The fourth-order valence-corrected chi connectivity index (χ4v) is 2.19. The number of aliphatic imine (C=N–C) groups is 1. The van der Waals surface area contributed by atoms with Gasteiger partial charge in [-0.05, 0) is 19.3 Å². The number of aryl methyl sites for hydroxylation is 1. The van der Waals surface area contributed by atoms with E-state index in [2.05, 4.69) is 21.8 Å². The number of ether oxygens (including phenoxy) is 1. The van der Waals surface area contributed by atoms with E-state index in [1.54, 1.807) is 24.6 Å². The van der Waals surface area contributed by atoms with Gasteiger partial charge in [-0.1, -0.05) is 12.0 Å². The number of methoxy groups -OCH3 is 1. The molecule has 0 saturated carbocycles. The Hall–Kier alpha value is -1.44. The lowest BCUT2D eigenvalue weighted by Gasteiger charge is -2.22. The minimum atomic E-state index is -0.305. The fourth-order valence-electron chi connectivity index (χ4n) is 1.64. The van der Waals surface area contributed by atoms with Crippen molar-refractivity contribution in [2.24, 2.45) is 10.4 Å². The van der Waals surface area contributed by atoms with E-state index >= 15 is 0 Å². The monoisotopic (exact) mass is 246 g/mol. The predicted molar refractivity (Wildman–Crippen MR) is 70.3 cm³/mol. The number of hydrogen-bond acceptors (Lipinski definition) is 4. The second-order valence-corrected chi connectivity index (χ2v) is 5.02. The van der Waals surface area contributed by atoms with Gasteiger partial charge >= 0.3 is 0 Å². The summed E-state index contributed by atoms with van der Waals surface area (Å²) in [5.41, 5.74) is 0.520. The van der Waals surface area contributed by atoms with Crippen LogP contribution in [0.1, 0.15) is 17.1 Å². The molecule has 3 nitrogen and oxygen atoms in total. The molecule has 1 aromatic rings. The summed E-state index contributed by atoms with van der Waals surface area (Å²) in [4.78, 5) is 8.49. The Balaban J connectivity index is 2.21. The number of allylic oxidation sites excluding steroid dienone is 1. The van der Waals surface area contributed by atoms with E-state index in [1.165, 1.54) is 0 Å². The number of aromatic nitrogens is 1. The van der Waals surface area contributed by atoms with E-state index in [1.807, 2.05) is 24.6 Å². The Kier molecular flexibility index (Phi) is 3.72. The van der Waals surface area contributed by atoms with Crippen molar-refractivity contribution in [2.45, 2.75) is 13.3 Å². The van der Waals surface area contributed by atoms with Gasteiger partial charge in [-0.2, -0.15) is 0 Å². The first-order chi connectivity index (χ1) is 8.24. The van der Waals surface area contributed by atoms with Gasteiger partial charge in [0.1, 0.15) is 5.69 Å². The van der Waals surface area contributed by atoms with Crippen LogP contribution in [0.5, 0.6) is 0 Å². The molecule has 2 heterocycles. The van der Waals surface area contributed by atoms with Gasteiger partial charge in [0.05, 0.1) is 17.0 Å². The molecule has 1 aliphatic rings. The summed E-state index contributed by atoms with van der Waals surface area (Å²) in [6, 6.07) is 0. The van der Waals surface area contributed by atoms with Crippen molar-refractivity contribution in [3.63, 3.8) is 0 Å². The van der Waals surface area contributed by atoms with Crippen molar-refractivity contribution in [1.82, 2.24) is 4.98 Å². The van der Waals surface area contributed by atoms with Gasteiger partial charge in [0.15, 0.2) is 0 Å².